The van der Waals surface area contributed by atoms with Crippen molar-refractivity contribution in [3.05, 3.63) is 0 Å². The van der Waals surface area contributed by atoms with Crippen LogP contribution >= 0.6 is 0 Å². The van der Waals surface area contributed by atoms with Crippen LogP contribution in [0, 0.1) is 11.3 Å². The van der Waals surface area contributed by atoms with E-state index in [0.717, 1.165) is 31.7 Å². The van der Waals surface area contributed by atoms with Crippen LogP contribution in [-0.4, -0.2) is 25.2 Å². The highest BCUT2D eigenvalue weighted by Crippen LogP contribution is 2.42. The Balaban J connectivity index is 2.07. The highest BCUT2D eigenvalue weighted by Gasteiger charge is 2.46. The summed E-state index contributed by atoms with van der Waals surface area (Å²) in [7, 11) is 1.50. The zero-order valence-corrected chi connectivity index (χ0v) is 11.3. The summed E-state index contributed by atoms with van der Waals surface area (Å²) in [5.74, 6) is 0.729. The molecule has 2 fully saturated rings. The topological polar surface area (TPSA) is 38.3 Å². The van der Waals surface area contributed by atoms with Crippen LogP contribution in [0.1, 0.15) is 52.4 Å². The molecule has 3 heteroatoms. The van der Waals surface area contributed by atoms with Crippen molar-refractivity contribution < 1.29 is 9.53 Å². The zero-order chi connectivity index (χ0) is 12.5. The molecule has 0 aromatic rings. The molecule has 2 saturated carbocycles. The molecule has 0 spiro atoms. The molecule has 1 N–H and O–H groups in total. The molecular weight excluding hydrogens is 214 g/mol. The quantitative estimate of drug-likeness (QED) is 0.766. The molecule has 2 aliphatic carbocycles. The molecule has 1 atom stereocenters. The number of rotatable bonds is 4. The van der Waals surface area contributed by atoms with E-state index in [1.165, 1.54) is 26.4 Å². The number of carbonyl (C=O) groups is 1. The third kappa shape index (κ3) is 3.01. The minimum Gasteiger partial charge on any atom is -0.468 e. The van der Waals surface area contributed by atoms with Crippen molar-refractivity contribution in [2.45, 2.75) is 57.9 Å². The third-order valence-corrected chi connectivity index (χ3v) is 4.24. The van der Waals surface area contributed by atoms with Gasteiger partial charge in [0.15, 0.2) is 0 Å². The van der Waals surface area contributed by atoms with Gasteiger partial charge in [-0.3, -0.25) is 4.79 Å². The molecule has 0 bridgehead atoms. The predicted molar refractivity (Wildman–Crippen MR) is 67.7 cm³/mol. The van der Waals surface area contributed by atoms with Gasteiger partial charge in [0.1, 0.15) is 5.54 Å². The lowest BCUT2D eigenvalue weighted by Gasteiger charge is -2.43. The van der Waals surface area contributed by atoms with Crippen molar-refractivity contribution in [1.29, 1.82) is 0 Å². The smallest absolute Gasteiger partial charge is 0.326 e. The Labute approximate surface area is 104 Å². The van der Waals surface area contributed by atoms with Crippen molar-refractivity contribution in [1.82, 2.24) is 5.32 Å². The van der Waals surface area contributed by atoms with Gasteiger partial charge in [-0.1, -0.05) is 20.3 Å². The average molecular weight is 239 g/mol. The number of hydrogen-bond acceptors (Lipinski definition) is 3. The number of ether oxygens (including phenoxy) is 1. The molecule has 2 rings (SSSR count). The van der Waals surface area contributed by atoms with E-state index in [-0.39, 0.29) is 11.4 Å². The SMILES string of the molecule is COC(=O)C1(NCC2CC2)CCCC(C)(C)C1. The average Bonchev–Trinajstić information content (AvgIpc) is 3.07. The Morgan fingerprint density at radius 3 is 2.59 bits per heavy atom. The number of esters is 1. The van der Waals surface area contributed by atoms with Gasteiger partial charge in [-0.05, 0) is 50.0 Å². The first-order valence-corrected chi connectivity index (χ1v) is 6.81. The fraction of sp³-hybridized carbons (Fsp3) is 0.929. The van der Waals surface area contributed by atoms with E-state index < -0.39 is 5.54 Å². The lowest BCUT2D eigenvalue weighted by atomic mass is 9.68. The summed E-state index contributed by atoms with van der Waals surface area (Å²) in [6.07, 6.45) is 6.77. The Morgan fingerprint density at radius 2 is 2.06 bits per heavy atom. The number of nitrogens with one attached hydrogen (secondary N) is 1. The molecular formula is C14H25NO2. The molecule has 0 aliphatic heterocycles. The van der Waals surface area contributed by atoms with E-state index in [4.69, 9.17) is 4.74 Å². The van der Waals surface area contributed by atoms with Crippen molar-refractivity contribution in [2.75, 3.05) is 13.7 Å². The molecule has 0 amide bonds. The second-order valence-corrected chi connectivity index (χ2v) is 6.59. The van der Waals surface area contributed by atoms with E-state index in [2.05, 4.69) is 19.2 Å². The van der Waals surface area contributed by atoms with Gasteiger partial charge >= 0.3 is 5.97 Å². The molecule has 0 radical (unpaired) electrons. The largest absolute Gasteiger partial charge is 0.468 e. The van der Waals surface area contributed by atoms with Crippen molar-refractivity contribution >= 4 is 5.97 Å². The summed E-state index contributed by atoms with van der Waals surface area (Å²) >= 11 is 0. The van der Waals surface area contributed by atoms with E-state index in [9.17, 15) is 4.79 Å². The van der Waals surface area contributed by atoms with E-state index in [1.54, 1.807) is 0 Å². The molecule has 2 aliphatic rings. The van der Waals surface area contributed by atoms with Crippen molar-refractivity contribution in [3.63, 3.8) is 0 Å². The molecule has 98 valence electrons. The monoisotopic (exact) mass is 239 g/mol. The van der Waals surface area contributed by atoms with Gasteiger partial charge in [0.05, 0.1) is 7.11 Å². The molecule has 0 heterocycles. The minimum absolute atomic E-state index is 0.0640. The van der Waals surface area contributed by atoms with Crippen LogP contribution < -0.4 is 5.32 Å². The van der Waals surface area contributed by atoms with Crippen LogP contribution in [0.3, 0.4) is 0 Å². The fourth-order valence-electron chi connectivity index (χ4n) is 3.12. The van der Waals surface area contributed by atoms with Crippen LogP contribution in [0.15, 0.2) is 0 Å². The third-order valence-electron chi connectivity index (χ3n) is 4.24. The molecule has 0 saturated heterocycles. The van der Waals surface area contributed by atoms with Gasteiger partial charge in [0.25, 0.3) is 0 Å². The van der Waals surface area contributed by atoms with Crippen LogP contribution in [-0.2, 0) is 9.53 Å². The molecule has 0 aromatic heterocycles. The molecule has 0 aromatic carbocycles. The first-order valence-electron chi connectivity index (χ1n) is 6.81. The summed E-state index contributed by atoms with van der Waals surface area (Å²) in [6.45, 7) is 5.48. The Bertz CT molecular complexity index is 297. The van der Waals surface area contributed by atoms with Crippen molar-refractivity contribution in [3.8, 4) is 0 Å². The highest BCUT2D eigenvalue weighted by atomic mass is 16.5. The molecule has 17 heavy (non-hydrogen) atoms. The number of methoxy groups -OCH3 is 1. The van der Waals surface area contributed by atoms with E-state index >= 15 is 0 Å². The standard InChI is InChI=1S/C14H25NO2/c1-13(2)7-4-8-14(10-13,12(16)17-3)15-9-11-5-6-11/h11,15H,4-10H2,1-3H3. The van der Waals surface area contributed by atoms with Crippen LogP contribution in [0.2, 0.25) is 0 Å². The lowest BCUT2D eigenvalue weighted by Crippen LogP contribution is -2.57. The number of carbonyl (C=O) groups excluding carboxylic acids is 1. The van der Waals surface area contributed by atoms with Gasteiger partial charge in [-0.25, -0.2) is 0 Å². The lowest BCUT2D eigenvalue weighted by molar-refractivity contribution is -0.152. The number of hydrogen-bond donors (Lipinski definition) is 1. The second kappa shape index (κ2) is 4.60. The van der Waals surface area contributed by atoms with Crippen LogP contribution in [0.25, 0.3) is 0 Å². The van der Waals surface area contributed by atoms with E-state index in [1.807, 2.05) is 0 Å². The Kier molecular flexibility index (Phi) is 3.48. The first-order chi connectivity index (χ1) is 7.97. The van der Waals surface area contributed by atoms with E-state index in [0.29, 0.717) is 0 Å². The summed E-state index contributed by atoms with van der Waals surface area (Å²) in [5, 5.41) is 3.53. The summed E-state index contributed by atoms with van der Waals surface area (Å²) in [5.41, 5.74) is -0.178. The maximum Gasteiger partial charge on any atom is 0.326 e. The van der Waals surface area contributed by atoms with Gasteiger partial charge in [0, 0.05) is 0 Å². The van der Waals surface area contributed by atoms with Crippen LogP contribution in [0.4, 0.5) is 0 Å². The highest BCUT2D eigenvalue weighted by molar-refractivity contribution is 5.81. The first kappa shape index (κ1) is 12.9. The maximum atomic E-state index is 12.1. The minimum atomic E-state index is -0.418. The zero-order valence-electron chi connectivity index (χ0n) is 11.3. The predicted octanol–water partition coefficient (Wildman–Crippen LogP) is 2.50. The van der Waals surface area contributed by atoms with Gasteiger partial charge in [-0.2, -0.15) is 0 Å². The molecule has 3 nitrogen and oxygen atoms in total. The Morgan fingerprint density at radius 1 is 1.35 bits per heavy atom. The summed E-state index contributed by atoms with van der Waals surface area (Å²) < 4.78 is 5.04. The summed E-state index contributed by atoms with van der Waals surface area (Å²) in [4.78, 5) is 12.1. The van der Waals surface area contributed by atoms with Gasteiger partial charge < -0.3 is 10.1 Å². The summed E-state index contributed by atoms with van der Waals surface area (Å²) in [6, 6.07) is 0. The normalized spacial score (nSPS) is 32.2. The Hall–Kier alpha value is -0.570. The van der Waals surface area contributed by atoms with Gasteiger partial charge in [0.2, 0.25) is 0 Å². The second-order valence-electron chi connectivity index (χ2n) is 6.59. The fourth-order valence-corrected chi connectivity index (χ4v) is 3.12. The molecule has 1 unspecified atom stereocenters. The maximum absolute atomic E-state index is 12.1. The van der Waals surface area contributed by atoms with Crippen LogP contribution in [0.5, 0.6) is 0 Å². The van der Waals surface area contributed by atoms with Gasteiger partial charge in [-0.15, -0.1) is 0 Å². The van der Waals surface area contributed by atoms with Crippen molar-refractivity contribution in [2.24, 2.45) is 11.3 Å².